The van der Waals surface area contributed by atoms with Crippen LogP contribution >= 0.6 is 27.3 Å². The van der Waals surface area contributed by atoms with Crippen molar-refractivity contribution in [2.45, 2.75) is 26.2 Å². The van der Waals surface area contributed by atoms with E-state index >= 15 is 0 Å². The van der Waals surface area contributed by atoms with Crippen molar-refractivity contribution in [2.75, 3.05) is 5.32 Å². The Morgan fingerprint density at radius 2 is 1.90 bits per heavy atom. The van der Waals surface area contributed by atoms with Crippen LogP contribution in [0.2, 0.25) is 0 Å². The van der Waals surface area contributed by atoms with Crippen LogP contribution in [0.3, 0.4) is 0 Å². The Hall–Kier alpha value is -1.46. The van der Waals surface area contributed by atoms with Gasteiger partial charge in [0, 0.05) is 21.9 Å². The molecule has 3 rings (SSSR count). The Balaban J connectivity index is 1.95. The van der Waals surface area contributed by atoms with Gasteiger partial charge in [0.2, 0.25) is 0 Å². The molecule has 0 saturated carbocycles. The number of aromatic nitrogens is 2. The van der Waals surface area contributed by atoms with Crippen LogP contribution in [0.1, 0.15) is 26.6 Å². The highest BCUT2D eigenvalue weighted by molar-refractivity contribution is 9.10. The van der Waals surface area contributed by atoms with Crippen molar-refractivity contribution in [2.24, 2.45) is 0 Å². The molecule has 21 heavy (non-hydrogen) atoms. The molecular weight excluding hydrogens is 346 g/mol. The van der Waals surface area contributed by atoms with Gasteiger partial charge in [0.1, 0.15) is 16.2 Å². The standard InChI is InChI=1S/C16H16BrN3S/c1-16(2,3)15-19-13(17)9-14(20-15)18-11-4-5-12-10(8-11)6-7-21-12/h4-9H,1-3H3,(H,18,19,20). The smallest absolute Gasteiger partial charge is 0.137 e. The molecule has 0 bridgehead atoms. The summed E-state index contributed by atoms with van der Waals surface area (Å²) in [5.41, 5.74) is 0.948. The number of benzene rings is 1. The van der Waals surface area contributed by atoms with E-state index in [2.05, 4.69) is 81.6 Å². The van der Waals surface area contributed by atoms with Crippen LogP contribution in [-0.4, -0.2) is 9.97 Å². The Kier molecular flexibility index (Phi) is 3.71. The molecule has 108 valence electrons. The summed E-state index contributed by atoms with van der Waals surface area (Å²) in [6, 6.07) is 10.4. The molecule has 1 N–H and O–H groups in total. The van der Waals surface area contributed by atoms with Gasteiger partial charge in [-0.15, -0.1) is 11.3 Å². The predicted molar refractivity (Wildman–Crippen MR) is 93.5 cm³/mol. The van der Waals surface area contributed by atoms with Gasteiger partial charge in [-0.2, -0.15) is 0 Å². The first-order chi connectivity index (χ1) is 9.91. The van der Waals surface area contributed by atoms with Gasteiger partial charge < -0.3 is 5.32 Å². The Labute approximate surface area is 136 Å². The van der Waals surface area contributed by atoms with E-state index in [4.69, 9.17) is 0 Å². The highest BCUT2D eigenvalue weighted by Gasteiger charge is 2.18. The predicted octanol–water partition coefficient (Wildman–Crippen LogP) is 5.49. The van der Waals surface area contributed by atoms with Crippen molar-refractivity contribution in [1.82, 2.24) is 9.97 Å². The molecule has 0 aliphatic carbocycles. The minimum atomic E-state index is -0.0858. The second-order valence-electron chi connectivity index (χ2n) is 5.95. The van der Waals surface area contributed by atoms with Crippen molar-refractivity contribution < 1.29 is 0 Å². The third kappa shape index (κ3) is 3.24. The molecule has 3 aromatic rings. The number of hydrogen-bond donors (Lipinski definition) is 1. The summed E-state index contributed by atoms with van der Waals surface area (Å²) in [4.78, 5) is 9.07. The molecule has 2 heterocycles. The summed E-state index contributed by atoms with van der Waals surface area (Å²) in [6.45, 7) is 6.32. The van der Waals surface area contributed by atoms with Gasteiger partial charge in [-0.1, -0.05) is 20.8 Å². The van der Waals surface area contributed by atoms with Crippen LogP contribution in [0.5, 0.6) is 0 Å². The van der Waals surface area contributed by atoms with Crippen molar-refractivity contribution in [3.8, 4) is 0 Å². The molecule has 0 atom stereocenters. The number of nitrogens with one attached hydrogen (secondary N) is 1. The lowest BCUT2D eigenvalue weighted by molar-refractivity contribution is 0.544. The molecule has 1 aromatic carbocycles. The average molecular weight is 362 g/mol. The third-order valence-corrected chi connectivity index (χ3v) is 4.39. The number of nitrogens with zero attached hydrogens (tertiary/aromatic N) is 2. The molecule has 0 radical (unpaired) electrons. The minimum absolute atomic E-state index is 0.0858. The zero-order valence-electron chi connectivity index (χ0n) is 12.1. The molecule has 0 unspecified atom stereocenters. The lowest BCUT2D eigenvalue weighted by atomic mass is 9.96. The maximum atomic E-state index is 4.62. The van der Waals surface area contributed by atoms with Gasteiger partial charge in [-0.25, -0.2) is 9.97 Å². The van der Waals surface area contributed by atoms with Crippen LogP contribution in [0, 0.1) is 0 Å². The first-order valence-electron chi connectivity index (χ1n) is 6.71. The van der Waals surface area contributed by atoms with Crippen LogP contribution < -0.4 is 5.32 Å². The monoisotopic (exact) mass is 361 g/mol. The van der Waals surface area contributed by atoms with Crippen molar-refractivity contribution in [3.05, 3.63) is 46.1 Å². The second-order valence-corrected chi connectivity index (χ2v) is 7.71. The summed E-state index contributed by atoms with van der Waals surface area (Å²) in [5.74, 6) is 1.62. The quantitative estimate of drug-likeness (QED) is 0.612. The highest BCUT2D eigenvalue weighted by Crippen LogP contribution is 2.27. The van der Waals surface area contributed by atoms with Gasteiger partial charge in [0.05, 0.1) is 0 Å². The molecule has 0 aliphatic rings. The zero-order chi connectivity index (χ0) is 15.0. The molecule has 0 fully saturated rings. The summed E-state index contributed by atoms with van der Waals surface area (Å²) in [5, 5.41) is 6.71. The number of thiophene rings is 1. The molecule has 0 amide bonds. The van der Waals surface area contributed by atoms with Gasteiger partial charge in [-0.3, -0.25) is 0 Å². The lowest BCUT2D eigenvalue weighted by Gasteiger charge is -2.18. The van der Waals surface area contributed by atoms with Crippen LogP contribution in [0.4, 0.5) is 11.5 Å². The van der Waals surface area contributed by atoms with Gasteiger partial charge in [0.15, 0.2) is 0 Å². The van der Waals surface area contributed by atoms with Crippen molar-refractivity contribution in [3.63, 3.8) is 0 Å². The van der Waals surface area contributed by atoms with Crippen LogP contribution in [0.25, 0.3) is 10.1 Å². The van der Waals surface area contributed by atoms with E-state index in [0.717, 1.165) is 21.9 Å². The van der Waals surface area contributed by atoms with Crippen LogP contribution in [-0.2, 0) is 5.41 Å². The summed E-state index contributed by atoms with van der Waals surface area (Å²) < 4.78 is 2.08. The first kappa shape index (κ1) is 14.5. The van der Waals surface area contributed by atoms with Crippen LogP contribution in [0.15, 0.2) is 40.3 Å². The topological polar surface area (TPSA) is 37.8 Å². The minimum Gasteiger partial charge on any atom is -0.340 e. The van der Waals surface area contributed by atoms with Gasteiger partial charge in [-0.05, 0) is 51.0 Å². The van der Waals surface area contributed by atoms with E-state index in [1.54, 1.807) is 11.3 Å². The molecule has 0 spiro atoms. The average Bonchev–Trinajstić information content (AvgIpc) is 2.84. The molecular formula is C16H16BrN3S. The van der Waals surface area contributed by atoms with Gasteiger partial charge in [0.25, 0.3) is 0 Å². The van der Waals surface area contributed by atoms with Crippen molar-refractivity contribution >= 4 is 48.9 Å². The molecule has 3 nitrogen and oxygen atoms in total. The Morgan fingerprint density at radius 1 is 1.10 bits per heavy atom. The SMILES string of the molecule is CC(C)(C)c1nc(Br)cc(Nc2ccc3sccc3c2)n1. The second kappa shape index (κ2) is 5.39. The Morgan fingerprint density at radius 3 is 2.67 bits per heavy atom. The third-order valence-electron chi connectivity index (χ3n) is 3.09. The summed E-state index contributed by atoms with van der Waals surface area (Å²) in [7, 11) is 0. The number of anilines is 2. The van der Waals surface area contributed by atoms with E-state index in [0.29, 0.717) is 0 Å². The fourth-order valence-corrected chi connectivity index (χ4v) is 3.17. The van der Waals surface area contributed by atoms with Gasteiger partial charge >= 0.3 is 0 Å². The maximum absolute atomic E-state index is 4.62. The fraction of sp³-hybridized carbons (Fsp3) is 0.250. The highest BCUT2D eigenvalue weighted by atomic mass is 79.9. The normalized spacial score (nSPS) is 11.8. The molecule has 0 saturated heterocycles. The van der Waals surface area contributed by atoms with E-state index in [1.165, 1.54) is 10.1 Å². The number of rotatable bonds is 2. The zero-order valence-corrected chi connectivity index (χ0v) is 14.5. The van der Waals surface area contributed by atoms with Crippen molar-refractivity contribution in [1.29, 1.82) is 0 Å². The largest absolute Gasteiger partial charge is 0.340 e. The lowest BCUT2D eigenvalue weighted by Crippen LogP contribution is -2.16. The van der Waals surface area contributed by atoms with E-state index in [1.807, 2.05) is 6.07 Å². The van der Waals surface area contributed by atoms with E-state index in [-0.39, 0.29) is 5.41 Å². The first-order valence-corrected chi connectivity index (χ1v) is 8.38. The fourth-order valence-electron chi connectivity index (χ4n) is 2.01. The number of hydrogen-bond acceptors (Lipinski definition) is 4. The number of fused-ring (bicyclic) bond motifs is 1. The van der Waals surface area contributed by atoms with E-state index < -0.39 is 0 Å². The Bertz CT molecular complexity index is 790. The van der Waals surface area contributed by atoms with E-state index in [9.17, 15) is 0 Å². The number of halogens is 1. The molecule has 2 aromatic heterocycles. The summed E-state index contributed by atoms with van der Waals surface area (Å²) >= 11 is 5.21. The molecule has 5 heteroatoms. The molecule has 0 aliphatic heterocycles. The maximum Gasteiger partial charge on any atom is 0.137 e. The summed E-state index contributed by atoms with van der Waals surface area (Å²) in [6.07, 6.45) is 0.